The lowest BCUT2D eigenvalue weighted by molar-refractivity contribution is -0.147. The normalized spacial score (nSPS) is 14.1. The minimum absolute atomic E-state index is 0.289. The van der Waals surface area contributed by atoms with Gasteiger partial charge in [-0.25, -0.2) is 0 Å². The van der Waals surface area contributed by atoms with Crippen molar-refractivity contribution in [2.75, 3.05) is 0 Å². The third kappa shape index (κ3) is 2.89. The first-order chi connectivity index (χ1) is 6.41. The fraction of sp³-hybridized carbons (Fsp3) is 0.333. The van der Waals surface area contributed by atoms with Gasteiger partial charge in [-0.1, -0.05) is 29.8 Å². The molecule has 0 aliphatic rings. The summed E-state index contributed by atoms with van der Waals surface area (Å²) in [5.41, 5.74) is 5.38. The third-order valence-electron chi connectivity index (χ3n) is 1.82. The molecule has 1 aromatic carbocycles. The van der Waals surface area contributed by atoms with Crippen LogP contribution >= 0.6 is 11.6 Å². The zero-order chi connectivity index (χ0) is 10.8. The summed E-state index contributed by atoms with van der Waals surface area (Å²) in [5, 5.41) is 0.312. The largest absolute Gasteiger partial charge is 0.403 e. The molecule has 0 bridgehead atoms. The smallest absolute Gasteiger partial charge is 0.320 e. The molecule has 0 aliphatic heterocycles. The average Bonchev–Trinajstić information content (AvgIpc) is 2.07. The predicted octanol–water partition coefficient (Wildman–Crippen LogP) is 2.77. The van der Waals surface area contributed by atoms with Crippen molar-refractivity contribution in [1.29, 1.82) is 0 Å². The van der Waals surface area contributed by atoms with Gasteiger partial charge in [-0.15, -0.1) is 0 Å². The molecule has 0 radical (unpaired) electrons. The molecule has 0 aliphatic carbocycles. The minimum Gasteiger partial charge on any atom is -0.320 e. The second kappa shape index (κ2) is 4.19. The highest BCUT2D eigenvalue weighted by atomic mass is 35.5. The number of hydrogen-bond acceptors (Lipinski definition) is 1. The fourth-order valence-electron chi connectivity index (χ4n) is 1.02. The van der Waals surface area contributed by atoms with Crippen LogP contribution in [0.15, 0.2) is 24.3 Å². The zero-order valence-electron chi connectivity index (χ0n) is 7.18. The maximum Gasteiger partial charge on any atom is 0.403 e. The van der Waals surface area contributed by atoms with E-state index in [-0.39, 0.29) is 6.42 Å². The van der Waals surface area contributed by atoms with Crippen LogP contribution in [0.1, 0.15) is 5.56 Å². The molecule has 1 atom stereocenters. The quantitative estimate of drug-likeness (QED) is 0.820. The average molecular weight is 224 g/mol. The van der Waals surface area contributed by atoms with E-state index in [9.17, 15) is 13.2 Å². The van der Waals surface area contributed by atoms with E-state index in [1.54, 1.807) is 18.2 Å². The molecule has 1 rings (SSSR count). The monoisotopic (exact) mass is 223 g/mol. The summed E-state index contributed by atoms with van der Waals surface area (Å²) in [5.74, 6) is 0. The van der Waals surface area contributed by atoms with Crippen molar-refractivity contribution in [2.45, 2.75) is 18.6 Å². The Labute approximate surface area is 84.7 Å². The first-order valence-corrected chi connectivity index (χ1v) is 4.35. The molecule has 14 heavy (non-hydrogen) atoms. The molecule has 0 saturated heterocycles. The van der Waals surface area contributed by atoms with Crippen molar-refractivity contribution in [3.63, 3.8) is 0 Å². The van der Waals surface area contributed by atoms with Gasteiger partial charge in [0, 0.05) is 5.02 Å². The Balaban J connectivity index is 2.75. The number of hydrogen-bond donors (Lipinski definition) is 1. The van der Waals surface area contributed by atoms with Crippen molar-refractivity contribution in [2.24, 2.45) is 5.73 Å². The Morgan fingerprint density at radius 2 is 1.86 bits per heavy atom. The molecule has 0 spiro atoms. The molecular weight excluding hydrogens is 215 g/mol. The highest BCUT2D eigenvalue weighted by molar-refractivity contribution is 6.31. The van der Waals surface area contributed by atoms with E-state index in [1.165, 1.54) is 6.07 Å². The van der Waals surface area contributed by atoms with Crippen LogP contribution in [0.5, 0.6) is 0 Å². The minimum atomic E-state index is -4.38. The number of nitrogens with two attached hydrogens (primary N) is 1. The van der Waals surface area contributed by atoms with Crippen LogP contribution in [0.4, 0.5) is 13.2 Å². The van der Waals surface area contributed by atoms with Gasteiger partial charge < -0.3 is 5.73 Å². The highest BCUT2D eigenvalue weighted by Gasteiger charge is 2.36. The van der Waals surface area contributed by atoms with Gasteiger partial charge >= 0.3 is 6.18 Å². The summed E-state index contributed by atoms with van der Waals surface area (Å²) in [6, 6.07) is 4.51. The van der Waals surface area contributed by atoms with Crippen molar-refractivity contribution in [3.05, 3.63) is 34.9 Å². The molecule has 0 heterocycles. The van der Waals surface area contributed by atoms with E-state index >= 15 is 0 Å². The predicted molar refractivity (Wildman–Crippen MR) is 49.2 cm³/mol. The van der Waals surface area contributed by atoms with Crippen LogP contribution in [0.25, 0.3) is 0 Å². The molecule has 1 nitrogen and oxygen atoms in total. The molecule has 78 valence electrons. The van der Waals surface area contributed by atoms with Crippen LogP contribution in [0, 0.1) is 0 Å². The van der Waals surface area contributed by atoms with E-state index in [0.717, 1.165) is 0 Å². The van der Waals surface area contributed by atoms with E-state index in [1.807, 2.05) is 0 Å². The lowest BCUT2D eigenvalue weighted by atomic mass is 10.1. The summed E-state index contributed by atoms with van der Waals surface area (Å²) in [6.45, 7) is 0. The molecule has 0 fully saturated rings. The Morgan fingerprint density at radius 1 is 1.29 bits per heavy atom. The van der Waals surface area contributed by atoms with Crippen molar-refractivity contribution in [1.82, 2.24) is 0 Å². The molecule has 0 amide bonds. The topological polar surface area (TPSA) is 26.0 Å². The van der Waals surface area contributed by atoms with Crippen molar-refractivity contribution < 1.29 is 13.2 Å². The lowest BCUT2D eigenvalue weighted by Gasteiger charge is -2.15. The van der Waals surface area contributed by atoms with E-state index < -0.39 is 12.2 Å². The third-order valence-corrected chi connectivity index (χ3v) is 2.19. The number of benzene rings is 1. The fourth-order valence-corrected chi connectivity index (χ4v) is 1.23. The van der Waals surface area contributed by atoms with Gasteiger partial charge in [0.2, 0.25) is 0 Å². The number of alkyl halides is 3. The van der Waals surface area contributed by atoms with E-state index in [4.69, 9.17) is 17.3 Å². The van der Waals surface area contributed by atoms with E-state index in [2.05, 4.69) is 0 Å². The van der Waals surface area contributed by atoms with Gasteiger partial charge in [0.05, 0.1) is 0 Å². The van der Waals surface area contributed by atoms with E-state index in [0.29, 0.717) is 10.6 Å². The molecular formula is C9H9ClF3N. The van der Waals surface area contributed by atoms with Gasteiger partial charge in [-0.2, -0.15) is 13.2 Å². The van der Waals surface area contributed by atoms with Crippen LogP contribution < -0.4 is 5.73 Å². The highest BCUT2D eigenvalue weighted by Crippen LogP contribution is 2.24. The van der Waals surface area contributed by atoms with Gasteiger partial charge in [-0.05, 0) is 18.1 Å². The lowest BCUT2D eigenvalue weighted by Crippen LogP contribution is -2.39. The number of rotatable bonds is 2. The first kappa shape index (κ1) is 11.3. The first-order valence-electron chi connectivity index (χ1n) is 3.97. The summed E-state index contributed by atoms with van der Waals surface area (Å²) < 4.78 is 36.3. The van der Waals surface area contributed by atoms with Crippen LogP contribution in [0.2, 0.25) is 5.02 Å². The van der Waals surface area contributed by atoms with Gasteiger partial charge in [0.25, 0.3) is 0 Å². The zero-order valence-corrected chi connectivity index (χ0v) is 7.94. The molecule has 1 unspecified atom stereocenters. The SMILES string of the molecule is NC(Cc1ccccc1Cl)C(F)(F)F. The Kier molecular flexibility index (Phi) is 3.39. The Hall–Kier alpha value is -0.740. The summed E-state index contributed by atoms with van der Waals surface area (Å²) in [7, 11) is 0. The molecule has 2 N–H and O–H groups in total. The maximum absolute atomic E-state index is 12.1. The molecule has 5 heteroatoms. The summed E-state index contributed by atoms with van der Waals surface area (Å²) in [6.07, 6.45) is -4.66. The molecule has 1 aromatic rings. The number of halogens is 4. The second-order valence-electron chi connectivity index (χ2n) is 2.94. The van der Waals surface area contributed by atoms with Crippen molar-refractivity contribution in [3.8, 4) is 0 Å². The Morgan fingerprint density at radius 3 is 2.36 bits per heavy atom. The van der Waals surface area contributed by atoms with Crippen molar-refractivity contribution >= 4 is 11.6 Å². The molecule has 0 saturated carbocycles. The summed E-state index contributed by atoms with van der Waals surface area (Å²) in [4.78, 5) is 0. The van der Waals surface area contributed by atoms with Gasteiger partial charge in [0.1, 0.15) is 6.04 Å². The van der Waals surface area contributed by atoms with Crippen LogP contribution in [-0.4, -0.2) is 12.2 Å². The Bertz CT molecular complexity index is 311. The standard InChI is InChI=1S/C9H9ClF3N/c10-7-4-2-1-3-6(7)5-8(14)9(11,12)13/h1-4,8H,5,14H2. The maximum atomic E-state index is 12.1. The van der Waals surface area contributed by atoms with Gasteiger partial charge in [0.15, 0.2) is 0 Å². The second-order valence-corrected chi connectivity index (χ2v) is 3.35. The summed E-state index contributed by atoms with van der Waals surface area (Å²) >= 11 is 5.70. The van der Waals surface area contributed by atoms with Crippen LogP contribution in [-0.2, 0) is 6.42 Å². The van der Waals surface area contributed by atoms with Crippen LogP contribution in [0.3, 0.4) is 0 Å². The van der Waals surface area contributed by atoms with Gasteiger partial charge in [-0.3, -0.25) is 0 Å². The molecule has 0 aromatic heterocycles.